The molecule has 0 aliphatic rings. The number of hydrogen-bond donors (Lipinski definition) is 1. The van der Waals surface area contributed by atoms with Crippen LogP contribution < -0.4 is 0 Å². The number of aromatic nitrogens is 3. The Morgan fingerprint density at radius 2 is 2.21 bits per heavy atom. The van der Waals surface area contributed by atoms with Gasteiger partial charge in [0.25, 0.3) is 0 Å². The molecule has 0 atom stereocenters. The van der Waals surface area contributed by atoms with Crippen molar-refractivity contribution >= 4 is 22.5 Å². The Labute approximate surface area is 84.5 Å². The van der Waals surface area contributed by atoms with Crippen LogP contribution in [-0.4, -0.2) is 15.0 Å². The normalized spacial score (nSPS) is 10.9. The van der Waals surface area contributed by atoms with E-state index < -0.39 is 0 Å². The second-order valence-electron chi connectivity index (χ2n) is 2.94. The van der Waals surface area contributed by atoms with Crippen molar-refractivity contribution in [1.82, 2.24) is 15.0 Å². The molecular weight excluding hydrogens is 194 g/mol. The average molecular weight is 201 g/mol. The van der Waals surface area contributed by atoms with Gasteiger partial charge in [-0.15, -0.1) is 11.3 Å². The number of nitrogens with zero attached hydrogens (tertiary/aromatic N) is 2. The molecule has 4 heteroatoms. The maximum absolute atomic E-state index is 4.40. The minimum Gasteiger partial charge on any atom is -0.336 e. The van der Waals surface area contributed by atoms with Gasteiger partial charge in [-0.1, -0.05) is 6.07 Å². The summed E-state index contributed by atoms with van der Waals surface area (Å²) in [4.78, 5) is 12.9. The summed E-state index contributed by atoms with van der Waals surface area (Å²) >= 11 is 1.67. The van der Waals surface area contributed by atoms with Crippen molar-refractivity contribution in [3.05, 3.63) is 35.8 Å². The van der Waals surface area contributed by atoms with Crippen LogP contribution in [0.5, 0.6) is 0 Å². The van der Waals surface area contributed by atoms with Crippen LogP contribution in [0.15, 0.2) is 35.8 Å². The Bertz CT molecular complexity index is 521. The lowest BCUT2D eigenvalue weighted by Crippen LogP contribution is -1.73. The van der Waals surface area contributed by atoms with Gasteiger partial charge in [0.05, 0.1) is 10.4 Å². The summed E-state index contributed by atoms with van der Waals surface area (Å²) in [5.41, 5.74) is 1.76. The first-order chi connectivity index (χ1) is 6.93. The lowest BCUT2D eigenvalue weighted by Gasteiger charge is -1.85. The van der Waals surface area contributed by atoms with Gasteiger partial charge in [-0.25, -0.2) is 9.97 Å². The van der Waals surface area contributed by atoms with Crippen LogP contribution in [0.2, 0.25) is 0 Å². The number of nitrogens with one attached hydrogen (secondary N) is 1. The van der Waals surface area contributed by atoms with Crippen LogP contribution in [0, 0.1) is 0 Å². The molecule has 3 nitrogen and oxygen atoms in total. The second-order valence-corrected chi connectivity index (χ2v) is 3.88. The van der Waals surface area contributed by atoms with Gasteiger partial charge in [-0.2, -0.15) is 0 Å². The summed E-state index contributed by atoms with van der Waals surface area (Å²) in [6, 6.07) is 7.94. The molecule has 0 aliphatic carbocycles. The van der Waals surface area contributed by atoms with E-state index in [0.29, 0.717) is 0 Å². The van der Waals surface area contributed by atoms with E-state index in [2.05, 4.69) is 15.0 Å². The topological polar surface area (TPSA) is 41.6 Å². The average Bonchev–Trinajstić information content (AvgIpc) is 2.86. The third-order valence-corrected chi connectivity index (χ3v) is 2.89. The lowest BCUT2D eigenvalue weighted by atomic mass is 10.4. The molecule has 0 amide bonds. The van der Waals surface area contributed by atoms with Gasteiger partial charge in [0.15, 0.2) is 5.65 Å². The lowest BCUT2D eigenvalue weighted by molar-refractivity contribution is 1.31. The molecule has 68 valence electrons. The summed E-state index contributed by atoms with van der Waals surface area (Å²) in [7, 11) is 0. The summed E-state index contributed by atoms with van der Waals surface area (Å²) in [5.74, 6) is 0.897. The van der Waals surface area contributed by atoms with Crippen molar-refractivity contribution in [2.45, 2.75) is 0 Å². The number of pyridine rings is 1. The van der Waals surface area contributed by atoms with Gasteiger partial charge in [0.1, 0.15) is 5.82 Å². The molecule has 3 heterocycles. The molecule has 3 aromatic rings. The number of rotatable bonds is 1. The zero-order valence-electron chi connectivity index (χ0n) is 7.27. The van der Waals surface area contributed by atoms with Crippen molar-refractivity contribution in [3.63, 3.8) is 0 Å². The number of fused-ring (bicyclic) bond motifs is 1. The SMILES string of the molecule is c1csc(-c2nc3ncccc3[nH]2)c1. The third-order valence-electron chi connectivity index (χ3n) is 2.01. The Morgan fingerprint density at radius 1 is 1.21 bits per heavy atom. The number of thiophene rings is 1. The van der Waals surface area contributed by atoms with Crippen molar-refractivity contribution in [2.24, 2.45) is 0 Å². The Balaban J connectivity index is 2.24. The van der Waals surface area contributed by atoms with E-state index in [4.69, 9.17) is 0 Å². The highest BCUT2D eigenvalue weighted by molar-refractivity contribution is 7.13. The van der Waals surface area contributed by atoms with Gasteiger partial charge >= 0.3 is 0 Å². The summed E-state index contributed by atoms with van der Waals surface area (Å²) in [5, 5.41) is 2.04. The Hall–Kier alpha value is -1.68. The van der Waals surface area contributed by atoms with Gasteiger partial charge in [0.2, 0.25) is 0 Å². The maximum Gasteiger partial charge on any atom is 0.178 e. The first-order valence-corrected chi connectivity index (χ1v) is 5.16. The Morgan fingerprint density at radius 3 is 3.00 bits per heavy atom. The van der Waals surface area contributed by atoms with Crippen LogP contribution in [-0.2, 0) is 0 Å². The van der Waals surface area contributed by atoms with E-state index >= 15 is 0 Å². The minimum absolute atomic E-state index is 0.774. The van der Waals surface area contributed by atoms with E-state index in [1.54, 1.807) is 17.5 Å². The minimum atomic E-state index is 0.774. The van der Waals surface area contributed by atoms with Gasteiger partial charge < -0.3 is 4.98 Å². The summed E-state index contributed by atoms with van der Waals surface area (Å²) < 4.78 is 0. The zero-order chi connectivity index (χ0) is 9.38. The molecule has 0 fully saturated rings. The second kappa shape index (κ2) is 2.92. The molecule has 0 aromatic carbocycles. The van der Waals surface area contributed by atoms with E-state index in [1.807, 2.05) is 29.6 Å². The fourth-order valence-electron chi connectivity index (χ4n) is 1.38. The molecule has 14 heavy (non-hydrogen) atoms. The molecule has 3 aromatic heterocycles. The monoisotopic (exact) mass is 201 g/mol. The van der Waals surface area contributed by atoms with Crippen LogP contribution in [0.4, 0.5) is 0 Å². The molecule has 0 aliphatic heterocycles. The molecular formula is C10H7N3S. The van der Waals surface area contributed by atoms with Crippen molar-refractivity contribution in [2.75, 3.05) is 0 Å². The smallest absolute Gasteiger partial charge is 0.178 e. The standard InChI is InChI=1S/C10H7N3S/c1-3-7-9(11-5-1)13-10(12-7)8-4-2-6-14-8/h1-6H,(H,11,12,13). The molecule has 0 spiro atoms. The molecule has 0 saturated heterocycles. The summed E-state index contributed by atoms with van der Waals surface area (Å²) in [6.07, 6.45) is 1.75. The highest BCUT2D eigenvalue weighted by Crippen LogP contribution is 2.23. The quantitative estimate of drug-likeness (QED) is 0.657. The highest BCUT2D eigenvalue weighted by atomic mass is 32.1. The van der Waals surface area contributed by atoms with E-state index in [1.165, 1.54) is 0 Å². The van der Waals surface area contributed by atoms with Gasteiger partial charge in [-0.3, -0.25) is 0 Å². The number of H-pyrrole nitrogens is 1. The fraction of sp³-hybridized carbons (Fsp3) is 0. The molecule has 1 N–H and O–H groups in total. The highest BCUT2D eigenvalue weighted by Gasteiger charge is 2.05. The predicted molar refractivity (Wildman–Crippen MR) is 57.2 cm³/mol. The number of hydrogen-bond acceptors (Lipinski definition) is 3. The van der Waals surface area contributed by atoms with E-state index in [0.717, 1.165) is 21.9 Å². The van der Waals surface area contributed by atoms with Crippen molar-refractivity contribution in [1.29, 1.82) is 0 Å². The molecule has 0 radical (unpaired) electrons. The van der Waals surface area contributed by atoms with E-state index in [9.17, 15) is 0 Å². The Kier molecular flexibility index (Phi) is 1.61. The van der Waals surface area contributed by atoms with Crippen molar-refractivity contribution in [3.8, 4) is 10.7 Å². The van der Waals surface area contributed by atoms with Crippen molar-refractivity contribution < 1.29 is 0 Å². The predicted octanol–water partition coefficient (Wildman–Crippen LogP) is 2.69. The van der Waals surface area contributed by atoms with E-state index in [-0.39, 0.29) is 0 Å². The number of aromatic amines is 1. The van der Waals surface area contributed by atoms with Crippen LogP contribution in [0.3, 0.4) is 0 Å². The summed E-state index contributed by atoms with van der Waals surface area (Å²) in [6.45, 7) is 0. The van der Waals surface area contributed by atoms with Crippen LogP contribution in [0.25, 0.3) is 21.9 Å². The molecule has 3 rings (SSSR count). The largest absolute Gasteiger partial charge is 0.336 e. The van der Waals surface area contributed by atoms with Crippen LogP contribution >= 0.6 is 11.3 Å². The first kappa shape index (κ1) is 7.70. The molecule has 0 bridgehead atoms. The number of imidazole rings is 1. The van der Waals surface area contributed by atoms with Gasteiger partial charge in [-0.05, 0) is 23.6 Å². The van der Waals surface area contributed by atoms with Gasteiger partial charge in [0, 0.05) is 6.20 Å². The zero-order valence-corrected chi connectivity index (χ0v) is 8.08. The first-order valence-electron chi connectivity index (χ1n) is 4.28. The maximum atomic E-state index is 4.40. The fourth-order valence-corrected chi connectivity index (χ4v) is 2.04. The third kappa shape index (κ3) is 1.12. The van der Waals surface area contributed by atoms with Crippen LogP contribution in [0.1, 0.15) is 0 Å². The molecule has 0 saturated carbocycles. The molecule has 0 unspecified atom stereocenters.